The molecule has 0 spiro atoms. The van der Waals surface area contributed by atoms with E-state index in [1.165, 1.54) is 0 Å². The minimum atomic E-state index is -4.65. The molecule has 136 valence electrons. The normalized spacial score (nSPS) is 13.5. The number of benzene rings is 1. The number of aromatic nitrogens is 1. The maximum atomic E-state index is 14.0. The van der Waals surface area contributed by atoms with Gasteiger partial charge in [0.25, 0.3) is 17.4 Å². The first-order valence-electron chi connectivity index (χ1n) is 6.99. The summed E-state index contributed by atoms with van der Waals surface area (Å²) in [5, 5.41) is 1.97. The number of anilines is 1. The molecule has 2 amide bonds. The van der Waals surface area contributed by atoms with Crippen molar-refractivity contribution in [3.8, 4) is 11.4 Å². The summed E-state index contributed by atoms with van der Waals surface area (Å²) >= 11 is 0. The van der Waals surface area contributed by atoms with Gasteiger partial charge in [-0.25, -0.2) is 4.39 Å². The van der Waals surface area contributed by atoms with Crippen molar-refractivity contribution < 1.29 is 31.9 Å². The van der Waals surface area contributed by atoms with Crippen LogP contribution in [0.25, 0.3) is 5.69 Å². The van der Waals surface area contributed by atoms with Gasteiger partial charge in [0.05, 0.1) is 16.8 Å². The second-order valence-corrected chi connectivity index (χ2v) is 5.29. The summed E-state index contributed by atoms with van der Waals surface area (Å²) in [5.74, 6) is -3.85. The zero-order valence-electron chi connectivity index (χ0n) is 12.7. The van der Waals surface area contributed by atoms with Crippen LogP contribution in [0.3, 0.4) is 0 Å². The summed E-state index contributed by atoms with van der Waals surface area (Å²) in [5.41, 5.74) is 4.34. The van der Waals surface area contributed by atoms with Crippen LogP contribution in [0, 0.1) is 5.82 Å². The van der Waals surface area contributed by atoms with Crippen molar-refractivity contribution >= 4 is 17.6 Å². The van der Waals surface area contributed by atoms with Gasteiger partial charge in [-0.15, -0.1) is 0 Å². The molecule has 3 rings (SSSR count). The number of nitrogens with zero attached hydrogens (tertiary/aromatic N) is 1. The van der Waals surface area contributed by atoms with Crippen LogP contribution in [0.4, 0.5) is 23.4 Å². The second kappa shape index (κ2) is 5.86. The summed E-state index contributed by atoms with van der Waals surface area (Å²) < 4.78 is 55.5. The van der Waals surface area contributed by atoms with Gasteiger partial charge in [-0.2, -0.15) is 13.2 Å². The van der Waals surface area contributed by atoms with Gasteiger partial charge in [0.15, 0.2) is 18.2 Å². The van der Waals surface area contributed by atoms with Crippen LogP contribution in [0.15, 0.2) is 29.1 Å². The number of ether oxygens (including phenoxy) is 1. The molecule has 2 heterocycles. The Morgan fingerprint density at radius 2 is 1.81 bits per heavy atom. The Morgan fingerprint density at radius 3 is 2.42 bits per heavy atom. The van der Waals surface area contributed by atoms with Gasteiger partial charge in [0.1, 0.15) is 5.82 Å². The van der Waals surface area contributed by atoms with Crippen LogP contribution in [0.1, 0.15) is 20.7 Å². The molecule has 0 saturated heterocycles. The van der Waals surface area contributed by atoms with E-state index >= 15 is 0 Å². The summed E-state index contributed by atoms with van der Waals surface area (Å²) in [6.07, 6.45) is -4.65. The van der Waals surface area contributed by atoms with Gasteiger partial charge >= 0.3 is 6.18 Å². The summed E-state index contributed by atoms with van der Waals surface area (Å²) in [6, 6.07) is 3.57. The van der Waals surface area contributed by atoms with Gasteiger partial charge in [-0.3, -0.25) is 24.3 Å². The standard InChI is InChI=1S/C15H9F4N3O4/c16-8-3-6(1-2-9(8)26-5-15(17,18)19)22-10(23)4-7-11(12(22)20)14(25)21-13(7)24/h1-4H,5,20H2,(H,21,24,25). The molecule has 11 heteroatoms. The number of fused-ring (bicyclic) bond motifs is 1. The van der Waals surface area contributed by atoms with E-state index in [-0.39, 0.29) is 16.8 Å². The average Bonchev–Trinajstić information content (AvgIpc) is 2.80. The molecule has 0 fully saturated rings. The van der Waals surface area contributed by atoms with Crippen molar-refractivity contribution in [3.63, 3.8) is 0 Å². The predicted octanol–water partition coefficient (Wildman–Crippen LogP) is 1.38. The van der Waals surface area contributed by atoms with Crippen LogP contribution in [-0.2, 0) is 0 Å². The van der Waals surface area contributed by atoms with Gasteiger partial charge < -0.3 is 10.5 Å². The number of nitrogen functional groups attached to an aromatic ring is 1. The van der Waals surface area contributed by atoms with E-state index in [9.17, 15) is 31.9 Å². The lowest BCUT2D eigenvalue weighted by Gasteiger charge is -2.14. The molecule has 7 nitrogen and oxygen atoms in total. The number of rotatable bonds is 3. The molecule has 0 aliphatic carbocycles. The Kier molecular flexibility index (Phi) is 3.93. The molecule has 0 saturated carbocycles. The zero-order chi connectivity index (χ0) is 19.2. The Bertz CT molecular complexity index is 998. The SMILES string of the molecule is Nc1c2c(cc(=O)n1-c1ccc(OCC(F)(F)F)c(F)c1)C(=O)NC2=O. The van der Waals surface area contributed by atoms with Crippen LogP contribution in [0.5, 0.6) is 5.75 Å². The number of hydrogen-bond acceptors (Lipinski definition) is 5. The minimum absolute atomic E-state index is 0.153. The van der Waals surface area contributed by atoms with Crippen molar-refractivity contribution in [2.45, 2.75) is 6.18 Å². The third kappa shape index (κ3) is 2.98. The monoisotopic (exact) mass is 371 g/mol. The number of hydrogen-bond donors (Lipinski definition) is 2. The van der Waals surface area contributed by atoms with Gasteiger partial charge in [-0.05, 0) is 12.1 Å². The van der Waals surface area contributed by atoms with E-state index in [2.05, 4.69) is 4.74 Å². The first-order chi connectivity index (χ1) is 12.1. The highest BCUT2D eigenvalue weighted by atomic mass is 19.4. The molecule has 1 aromatic heterocycles. The highest BCUT2D eigenvalue weighted by molar-refractivity contribution is 6.23. The Morgan fingerprint density at radius 1 is 1.12 bits per heavy atom. The number of alkyl halides is 3. The largest absolute Gasteiger partial charge is 0.481 e. The highest BCUT2D eigenvalue weighted by Crippen LogP contribution is 2.26. The molecule has 0 atom stereocenters. The molecular weight excluding hydrogens is 362 g/mol. The fourth-order valence-corrected chi connectivity index (χ4v) is 2.45. The highest BCUT2D eigenvalue weighted by Gasteiger charge is 2.32. The maximum Gasteiger partial charge on any atom is 0.422 e. The fourth-order valence-electron chi connectivity index (χ4n) is 2.45. The summed E-state index contributed by atoms with van der Waals surface area (Å²) in [7, 11) is 0. The molecule has 2 aromatic rings. The number of amides is 2. The van der Waals surface area contributed by atoms with E-state index in [1.807, 2.05) is 5.32 Å². The third-order valence-corrected chi connectivity index (χ3v) is 3.52. The second-order valence-electron chi connectivity index (χ2n) is 5.29. The lowest BCUT2D eigenvalue weighted by atomic mass is 10.1. The topological polar surface area (TPSA) is 103 Å². The predicted molar refractivity (Wildman–Crippen MR) is 79.8 cm³/mol. The van der Waals surface area contributed by atoms with E-state index in [0.29, 0.717) is 0 Å². The number of nitrogens with two attached hydrogens (primary N) is 1. The molecular formula is C15H9F4N3O4. The molecule has 1 aromatic carbocycles. The number of nitrogens with one attached hydrogen (secondary N) is 1. The number of carbonyl (C=O) groups excluding carboxylic acids is 2. The number of carbonyl (C=O) groups is 2. The van der Waals surface area contributed by atoms with Crippen LogP contribution in [0.2, 0.25) is 0 Å². The van der Waals surface area contributed by atoms with Crippen LogP contribution >= 0.6 is 0 Å². The number of imide groups is 1. The fraction of sp³-hybridized carbons (Fsp3) is 0.133. The van der Waals surface area contributed by atoms with Crippen LogP contribution in [-0.4, -0.2) is 29.2 Å². The summed E-state index contributed by atoms with van der Waals surface area (Å²) in [4.78, 5) is 35.5. The van der Waals surface area contributed by atoms with Gasteiger partial charge in [-0.1, -0.05) is 0 Å². The van der Waals surface area contributed by atoms with Crippen LogP contribution < -0.4 is 21.3 Å². The molecule has 0 bridgehead atoms. The van der Waals surface area contributed by atoms with E-state index in [0.717, 1.165) is 28.8 Å². The van der Waals surface area contributed by atoms with Crippen molar-refractivity contribution in [3.05, 3.63) is 51.6 Å². The zero-order valence-corrected chi connectivity index (χ0v) is 12.7. The van der Waals surface area contributed by atoms with Gasteiger partial charge in [0.2, 0.25) is 0 Å². The quantitative estimate of drug-likeness (QED) is 0.627. The van der Waals surface area contributed by atoms with Crippen molar-refractivity contribution in [1.82, 2.24) is 9.88 Å². The molecule has 26 heavy (non-hydrogen) atoms. The number of pyridine rings is 1. The molecule has 3 N–H and O–H groups in total. The van der Waals surface area contributed by atoms with E-state index < -0.39 is 47.5 Å². The lowest BCUT2D eigenvalue weighted by molar-refractivity contribution is -0.153. The smallest absolute Gasteiger partial charge is 0.422 e. The summed E-state index contributed by atoms with van der Waals surface area (Å²) in [6.45, 7) is -1.69. The Hall–Kier alpha value is -3.37. The molecule has 0 radical (unpaired) electrons. The van der Waals surface area contributed by atoms with Crippen molar-refractivity contribution in [2.75, 3.05) is 12.3 Å². The number of halogens is 4. The minimum Gasteiger partial charge on any atom is -0.481 e. The average molecular weight is 371 g/mol. The molecule has 0 unspecified atom stereocenters. The first-order valence-corrected chi connectivity index (χ1v) is 6.99. The lowest BCUT2D eigenvalue weighted by Crippen LogP contribution is -2.24. The van der Waals surface area contributed by atoms with E-state index in [1.54, 1.807) is 0 Å². The Labute approximate surface area is 142 Å². The Balaban J connectivity index is 2.04. The molecule has 1 aliphatic rings. The third-order valence-electron chi connectivity index (χ3n) is 3.52. The maximum absolute atomic E-state index is 14.0. The van der Waals surface area contributed by atoms with Crippen molar-refractivity contribution in [2.24, 2.45) is 0 Å². The van der Waals surface area contributed by atoms with Gasteiger partial charge in [0, 0.05) is 12.1 Å². The first kappa shape index (κ1) is 17.5. The molecule has 1 aliphatic heterocycles. The van der Waals surface area contributed by atoms with Crippen molar-refractivity contribution in [1.29, 1.82) is 0 Å². The van der Waals surface area contributed by atoms with E-state index in [4.69, 9.17) is 5.73 Å².